The maximum Gasteiger partial charge on any atom is 0.271 e. The molecule has 0 saturated carbocycles. The Labute approximate surface area is 142 Å². The summed E-state index contributed by atoms with van der Waals surface area (Å²) in [5, 5.41) is 2.97. The molecule has 24 heavy (non-hydrogen) atoms. The Morgan fingerprint density at radius 3 is 2.54 bits per heavy atom. The van der Waals surface area contributed by atoms with E-state index in [0.29, 0.717) is 5.69 Å². The summed E-state index contributed by atoms with van der Waals surface area (Å²) >= 11 is 0. The third-order valence-corrected chi connectivity index (χ3v) is 4.87. The van der Waals surface area contributed by atoms with Gasteiger partial charge in [-0.2, -0.15) is 0 Å². The molecule has 0 unspecified atom stereocenters. The zero-order chi connectivity index (χ0) is 17.3. The van der Waals surface area contributed by atoms with E-state index in [-0.39, 0.29) is 16.9 Å². The number of carbonyl (C=O) groups excluding carboxylic acids is 1. The maximum atomic E-state index is 12.8. The second kappa shape index (κ2) is 6.30. The summed E-state index contributed by atoms with van der Waals surface area (Å²) < 4.78 is 1.43. The Balaban J connectivity index is 1.83. The molecule has 1 aromatic carbocycles. The van der Waals surface area contributed by atoms with Gasteiger partial charge in [0.2, 0.25) is 0 Å². The van der Waals surface area contributed by atoms with Crippen LogP contribution < -0.4 is 5.56 Å². The van der Waals surface area contributed by atoms with Crippen LogP contribution in [0.4, 0.5) is 0 Å². The molecule has 0 radical (unpaired) electrons. The van der Waals surface area contributed by atoms with Crippen LogP contribution in [0, 0.1) is 12.3 Å². The number of carbonyl (C=O) groups is 1. The number of H-pyrrole nitrogens is 1. The minimum atomic E-state index is -0.211. The molecule has 5 heteroatoms. The number of aromatic amines is 1. The van der Waals surface area contributed by atoms with Gasteiger partial charge in [-0.05, 0) is 43.7 Å². The highest BCUT2D eigenvalue weighted by molar-refractivity contribution is 5.92. The smallest absolute Gasteiger partial charge is 0.271 e. The van der Waals surface area contributed by atoms with Crippen LogP contribution in [0.15, 0.2) is 35.1 Å². The van der Waals surface area contributed by atoms with E-state index in [4.69, 9.17) is 0 Å². The zero-order valence-electron chi connectivity index (χ0n) is 14.6. The molecule has 1 N–H and O–H groups in total. The number of hydrogen-bond donors (Lipinski definition) is 1. The van der Waals surface area contributed by atoms with Crippen LogP contribution in [0.3, 0.4) is 0 Å². The van der Waals surface area contributed by atoms with Crippen molar-refractivity contribution >= 4 is 5.91 Å². The molecular formula is C19H25N3O2. The lowest BCUT2D eigenvalue weighted by Gasteiger charge is -2.23. The summed E-state index contributed by atoms with van der Waals surface area (Å²) in [6, 6.07) is 9.03. The van der Waals surface area contributed by atoms with E-state index in [1.807, 2.05) is 36.1 Å². The van der Waals surface area contributed by atoms with Gasteiger partial charge in [-0.25, -0.2) is 4.68 Å². The number of nitrogens with one attached hydrogen (secondary N) is 1. The third kappa shape index (κ3) is 3.45. The van der Waals surface area contributed by atoms with Crippen molar-refractivity contribution in [1.82, 2.24) is 14.7 Å². The summed E-state index contributed by atoms with van der Waals surface area (Å²) in [6.07, 6.45) is 3.11. The summed E-state index contributed by atoms with van der Waals surface area (Å²) in [5.41, 5.74) is 2.29. The molecule has 1 saturated heterocycles. The number of amides is 1. The Bertz CT molecular complexity index is 784. The summed E-state index contributed by atoms with van der Waals surface area (Å²) in [4.78, 5) is 26.9. The van der Waals surface area contributed by atoms with E-state index >= 15 is 0 Å². The summed E-state index contributed by atoms with van der Waals surface area (Å²) in [5.74, 6) is -0.0874. The Morgan fingerprint density at radius 2 is 1.83 bits per heavy atom. The lowest BCUT2D eigenvalue weighted by atomic mass is 9.85. The van der Waals surface area contributed by atoms with Gasteiger partial charge < -0.3 is 4.90 Å². The fourth-order valence-electron chi connectivity index (χ4n) is 3.19. The Kier molecular flexibility index (Phi) is 4.35. The molecule has 3 rings (SSSR count). The molecule has 1 fully saturated rings. The number of aromatic nitrogens is 2. The second-order valence-electron chi connectivity index (χ2n) is 7.49. The lowest BCUT2D eigenvalue weighted by Crippen LogP contribution is -2.32. The predicted molar refractivity (Wildman–Crippen MR) is 94.7 cm³/mol. The van der Waals surface area contributed by atoms with Gasteiger partial charge in [0.1, 0.15) is 5.69 Å². The number of hydrogen-bond acceptors (Lipinski definition) is 2. The number of likely N-dealkylation sites (tertiary alicyclic amines) is 1. The Morgan fingerprint density at radius 1 is 1.12 bits per heavy atom. The molecule has 128 valence electrons. The maximum absolute atomic E-state index is 12.8. The van der Waals surface area contributed by atoms with E-state index in [2.05, 4.69) is 18.9 Å². The third-order valence-electron chi connectivity index (χ3n) is 4.87. The van der Waals surface area contributed by atoms with E-state index in [1.54, 1.807) is 0 Å². The molecule has 1 amide bonds. The van der Waals surface area contributed by atoms with E-state index < -0.39 is 0 Å². The van der Waals surface area contributed by atoms with Gasteiger partial charge in [0, 0.05) is 19.2 Å². The zero-order valence-corrected chi connectivity index (χ0v) is 14.6. The van der Waals surface area contributed by atoms with Crippen molar-refractivity contribution in [2.45, 2.75) is 40.0 Å². The molecule has 1 aliphatic heterocycles. The molecule has 0 atom stereocenters. The van der Waals surface area contributed by atoms with E-state index in [9.17, 15) is 9.59 Å². The van der Waals surface area contributed by atoms with Gasteiger partial charge in [-0.3, -0.25) is 14.7 Å². The van der Waals surface area contributed by atoms with Crippen molar-refractivity contribution in [2.24, 2.45) is 5.41 Å². The molecule has 2 aromatic rings. The second-order valence-corrected chi connectivity index (χ2v) is 7.49. The minimum Gasteiger partial charge on any atom is -0.337 e. The number of aryl methyl sites for hydroxylation is 1. The van der Waals surface area contributed by atoms with Crippen LogP contribution in [-0.4, -0.2) is 33.7 Å². The summed E-state index contributed by atoms with van der Waals surface area (Å²) in [6.45, 7) is 7.98. The first kappa shape index (κ1) is 16.6. The standard InChI is InChI=1S/C19H25N3O2/c1-14-5-7-15(8-6-14)22-17(23)13-16(20-22)18(24)21-11-4-9-19(2,3)10-12-21/h5-8,13,20H,4,9-12H2,1-3H3. The van der Waals surface area contributed by atoms with Gasteiger partial charge in [-0.15, -0.1) is 0 Å². The van der Waals surface area contributed by atoms with Gasteiger partial charge in [0.05, 0.1) is 5.69 Å². The average molecular weight is 327 g/mol. The van der Waals surface area contributed by atoms with Gasteiger partial charge >= 0.3 is 0 Å². The average Bonchev–Trinajstić information content (AvgIpc) is 2.82. The van der Waals surface area contributed by atoms with Crippen molar-refractivity contribution in [3.8, 4) is 5.69 Å². The number of rotatable bonds is 2. The molecule has 0 bridgehead atoms. The van der Waals surface area contributed by atoms with Crippen molar-refractivity contribution in [3.63, 3.8) is 0 Å². The summed E-state index contributed by atoms with van der Waals surface area (Å²) in [7, 11) is 0. The molecule has 1 aliphatic rings. The van der Waals surface area contributed by atoms with Crippen LogP contribution in [-0.2, 0) is 0 Å². The minimum absolute atomic E-state index is 0.0874. The van der Waals surface area contributed by atoms with Gasteiger partial charge in [-0.1, -0.05) is 31.5 Å². The molecule has 5 nitrogen and oxygen atoms in total. The number of nitrogens with zero attached hydrogens (tertiary/aromatic N) is 2. The highest BCUT2D eigenvalue weighted by atomic mass is 16.2. The largest absolute Gasteiger partial charge is 0.337 e. The highest BCUT2D eigenvalue weighted by Crippen LogP contribution is 2.30. The highest BCUT2D eigenvalue weighted by Gasteiger charge is 2.27. The van der Waals surface area contributed by atoms with E-state index in [1.165, 1.54) is 10.7 Å². The van der Waals surface area contributed by atoms with Crippen LogP contribution in [0.1, 0.15) is 49.2 Å². The lowest BCUT2D eigenvalue weighted by molar-refractivity contribution is 0.0751. The molecule has 2 heterocycles. The molecule has 0 aliphatic carbocycles. The van der Waals surface area contributed by atoms with E-state index in [0.717, 1.165) is 43.6 Å². The molecular weight excluding hydrogens is 302 g/mol. The predicted octanol–water partition coefficient (Wildman–Crippen LogP) is 3.13. The number of benzene rings is 1. The fourth-order valence-corrected chi connectivity index (χ4v) is 3.19. The first-order valence-electron chi connectivity index (χ1n) is 8.54. The van der Waals surface area contributed by atoms with Crippen molar-refractivity contribution < 1.29 is 4.79 Å². The fraction of sp³-hybridized carbons (Fsp3) is 0.474. The first-order valence-corrected chi connectivity index (χ1v) is 8.54. The van der Waals surface area contributed by atoms with Crippen LogP contribution in [0.2, 0.25) is 0 Å². The van der Waals surface area contributed by atoms with Crippen LogP contribution >= 0.6 is 0 Å². The monoisotopic (exact) mass is 327 g/mol. The van der Waals surface area contributed by atoms with Gasteiger partial charge in [0.25, 0.3) is 11.5 Å². The Hall–Kier alpha value is -2.30. The normalized spacial score (nSPS) is 17.5. The SMILES string of the molecule is Cc1ccc(-n2[nH]c(C(=O)N3CCCC(C)(C)CC3)cc2=O)cc1. The van der Waals surface area contributed by atoms with Crippen LogP contribution in [0.25, 0.3) is 5.69 Å². The molecule has 0 spiro atoms. The molecule has 1 aromatic heterocycles. The van der Waals surface area contributed by atoms with Crippen molar-refractivity contribution in [1.29, 1.82) is 0 Å². The van der Waals surface area contributed by atoms with Gasteiger partial charge in [0.15, 0.2) is 0 Å². The quantitative estimate of drug-likeness (QED) is 0.921. The topological polar surface area (TPSA) is 58.1 Å². The van der Waals surface area contributed by atoms with Crippen molar-refractivity contribution in [2.75, 3.05) is 13.1 Å². The van der Waals surface area contributed by atoms with Crippen molar-refractivity contribution in [3.05, 3.63) is 51.9 Å². The first-order chi connectivity index (χ1) is 11.4. The van der Waals surface area contributed by atoms with Crippen LogP contribution in [0.5, 0.6) is 0 Å².